The van der Waals surface area contributed by atoms with Gasteiger partial charge < -0.3 is 5.32 Å². The van der Waals surface area contributed by atoms with E-state index in [1.54, 1.807) is 6.07 Å². The smallest absolute Gasteiger partial charge is 0.324 e. The van der Waals surface area contributed by atoms with E-state index in [-0.39, 0.29) is 18.7 Å². The van der Waals surface area contributed by atoms with Crippen molar-refractivity contribution < 1.29 is 18.0 Å². The van der Waals surface area contributed by atoms with Gasteiger partial charge in [-0.25, -0.2) is 4.98 Å². The highest BCUT2D eigenvalue weighted by molar-refractivity contribution is 5.94. The third-order valence-electron chi connectivity index (χ3n) is 4.38. The van der Waals surface area contributed by atoms with E-state index in [0.717, 1.165) is 11.1 Å². The van der Waals surface area contributed by atoms with Gasteiger partial charge >= 0.3 is 6.18 Å². The van der Waals surface area contributed by atoms with Crippen LogP contribution in [0, 0.1) is 18.8 Å². The highest BCUT2D eigenvalue weighted by Gasteiger charge is 2.43. The number of carbonyl (C=O) groups is 1. The first kappa shape index (κ1) is 15.8. The summed E-state index contributed by atoms with van der Waals surface area (Å²) < 4.78 is 38.5. The summed E-state index contributed by atoms with van der Waals surface area (Å²) in [6.07, 6.45) is -1.90. The number of carbonyl (C=O) groups excluding carboxylic acids is 1. The molecule has 0 radical (unpaired) electrons. The minimum Gasteiger partial charge on any atom is -0.324 e. The topological polar surface area (TPSA) is 70.7 Å². The molecule has 0 bridgehead atoms. The van der Waals surface area contributed by atoms with Crippen LogP contribution in [0.15, 0.2) is 12.3 Å². The minimum atomic E-state index is -4.23. The molecule has 1 saturated carbocycles. The molecule has 1 aliphatic carbocycles. The first-order chi connectivity index (χ1) is 10.8. The Hall–Kier alpha value is -2.12. The maximum Gasteiger partial charge on any atom is 0.391 e. The van der Waals surface area contributed by atoms with Crippen molar-refractivity contribution in [1.82, 2.24) is 15.2 Å². The van der Waals surface area contributed by atoms with Crippen molar-refractivity contribution in [1.29, 1.82) is 0 Å². The number of hydrogen-bond acceptors (Lipinski definition) is 3. The maximum atomic E-state index is 12.8. The third-order valence-corrected chi connectivity index (χ3v) is 4.38. The predicted molar refractivity (Wildman–Crippen MR) is 78.8 cm³/mol. The number of alkyl halides is 3. The number of rotatable bonds is 2. The molecule has 0 saturated heterocycles. The molecule has 5 nitrogen and oxygen atoms in total. The summed E-state index contributed by atoms with van der Waals surface area (Å²) in [7, 11) is 0. The largest absolute Gasteiger partial charge is 0.391 e. The van der Waals surface area contributed by atoms with E-state index in [0.29, 0.717) is 24.2 Å². The van der Waals surface area contributed by atoms with Crippen LogP contribution < -0.4 is 5.32 Å². The molecule has 2 unspecified atom stereocenters. The van der Waals surface area contributed by atoms with Crippen molar-refractivity contribution in [3.63, 3.8) is 0 Å². The molecule has 3 rings (SSSR count). The van der Waals surface area contributed by atoms with Gasteiger partial charge in [0.2, 0.25) is 5.91 Å². The fourth-order valence-electron chi connectivity index (χ4n) is 3.06. The van der Waals surface area contributed by atoms with Crippen molar-refractivity contribution >= 4 is 22.6 Å². The number of fused-ring (bicyclic) bond motifs is 1. The third kappa shape index (κ3) is 3.30. The quantitative estimate of drug-likeness (QED) is 0.886. The van der Waals surface area contributed by atoms with E-state index in [1.807, 2.05) is 6.92 Å². The van der Waals surface area contributed by atoms with E-state index in [9.17, 15) is 18.0 Å². The summed E-state index contributed by atoms with van der Waals surface area (Å²) in [5.74, 6) is -2.37. The molecule has 2 heterocycles. The predicted octanol–water partition coefficient (Wildman–Crippen LogP) is 3.57. The number of anilines is 1. The molecule has 2 aromatic rings. The SMILES string of the molecule is Cc1[nH]nc2ncc(NC(=O)C3CCCC(C(F)(F)F)C3)cc12. The second-order valence-corrected chi connectivity index (χ2v) is 6.04. The highest BCUT2D eigenvalue weighted by Crippen LogP contribution is 2.40. The molecule has 1 amide bonds. The van der Waals surface area contributed by atoms with Crippen molar-refractivity contribution in [3.8, 4) is 0 Å². The van der Waals surface area contributed by atoms with Gasteiger partial charge in [-0.15, -0.1) is 0 Å². The Kier molecular flexibility index (Phi) is 3.99. The molecular formula is C15H17F3N4O. The second-order valence-electron chi connectivity index (χ2n) is 6.04. The van der Waals surface area contributed by atoms with Crippen LogP contribution in [0.2, 0.25) is 0 Å². The molecule has 2 atom stereocenters. The Labute approximate surface area is 130 Å². The molecule has 2 N–H and O–H groups in total. The maximum absolute atomic E-state index is 12.8. The van der Waals surface area contributed by atoms with Crippen LogP contribution in [-0.2, 0) is 4.79 Å². The lowest BCUT2D eigenvalue weighted by Gasteiger charge is -2.29. The number of H-pyrrole nitrogens is 1. The zero-order chi connectivity index (χ0) is 16.6. The number of nitrogens with zero attached hydrogens (tertiary/aromatic N) is 2. The number of hydrogen-bond donors (Lipinski definition) is 2. The van der Waals surface area contributed by atoms with Gasteiger partial charge in [-0.2, -0.15) is 18.3 Å². The number of pyridine rings is 1. The van der Waals surface area contributed by atoms with Crippen LogP contribution >= 0.6 is 0 Å². The van der Waals surface area contributed by atoms with Gasteiger partial charge in [0.1, 0.15) is 0 Å². The Bertz CT molecular complexity index is 725. The number of amides is 1. The average Bonchev–Trinajstić information content (AvgIpc) is 2.88. The summed E-state index contributed by atoms with van der Waals surface area (Å²) in [5.41, 5.74) is 1.83. The highest BCUT2D eigenvalue weighted by atomic mass is 19.4. The van der Waals surface area contributed by atoms with Crippen molar-refractivity contribution in [3.05, 3.63) is 18.0 Å². The van der Waals surface area contributed by atoms with Crippen LogP contribution in [0.1, 0.15) is 31.4 Å². The van der Waals surface area contributed by atoms with Gasteiger partial charge in [-0.05, 0) is 32.3 Å². The van der Waals surface area contributed by atoms with E-state index in [1.165, 1.54) is 6.20 Å². The number of aromatic nitrogens is 3. The molecule has 0 aliphatic heterocycles. The first-order valence-corrected chi connectivity index (χ1v) is 7.53. The lowest BCUT2D eigenvalue weighted by Crippen LogP contribution is -2.34. The van der Waals surface area contributed by atoms with Crippen molar-refractivity contribution in [2.75, 3.05) is 5.32 Å². The molecular weight excluding hydrogens is 309 g/mol. The Morgan fingerprint density at radius 3 is 2.91 bits per heavy atom. The van der Waals surface area contributed by atoms with Crippen LogP contribution in [-0.4, -0.2) is 27.3 Å². The van der Waals surface area contributed by atoms with Gasteiger partial charge in [0.25, 0.3) is 0 Å². The van der Waals surface area contributed by atoms with Gasteiger partial charge in [0.15, 0.2) is 5.65 Å². The Morgan fingerprint density at radius 1 is 1.39 bits per heavy atom. The summed E-state index contributed by atoms with van der Waals surface area (Å²) in [6, 6.07) is 1.73. The molecule has 8 heteroatoms. The molecule has 23 heavy (non-hydrogen) atoms. The van der Waals surface area contributed by atoms with Crippen LogP contribution in [0.4, 0.5) is 18.9 Å². The first-order valence-electron chi connectivity index (χ1n) is 7.53. The number of halogens is 3. The van der Waals surface area contributed by atoms with Gasteiger partial charge in [0.05, 0.1) is 17.8 Å². The molecule has 2 aromatic heterocycles. The van der Waals surface area contributed by atoms with Gasteiger partial charge in [-0.1, -0.05) is 6.42 Å². The molecule has 124 valence electrons. The molecule has 1 fully saturated rings. The average molecular weight is 326 g/mol. The second kappa shape index (κ2) is 5.82. The summed E-state index contributed by atoms with van der Waals surface area (Å²) in [6.45, 7) is 1.83. The fraction of sp³-hybridized carbons (Fsp3) is 0.533. The molecule has 1 aliphatic rings. The molecule has 0 aromatic carbocycles. The van der Waals surface area contributed by atoms with E-state index >= 15 is 0 Å². The van der Waals surface area contributed by atoms with E-state index < -0.39 is 18.0 Å². The zero-order valence-corrected chi connectivity index (χ0v) is 12.6. The summed E-state index contributed by atoms with van der Waals surface area (Å²) in [5, 5.41) is 10.2. The van der Waals surface area contributed by atoms with E-state index in [4.69, 9.17) is 0 Å². The van der Waals surface area contributed by atoms with E-state index in [2.05, 4.69) is 20.5 Å². The normalized spacial score (nSPS) is 22.3. The van der Waals surface area contributed by atoms with Crippen LogP contribution in [0.3, 0.4) is 0 Å². The van der Waals surface area contributed by atoms with Crippen LogP contribution in [0.5, 0.6) is 0 Å². The Morgan fingerprint density at radius 2 is 2.17 bits per heavy atom. The number of aromatic amines is 1. The number of aryl methyl sites for hydroxylation is 1. The summed E-state index contributed by atoms with van der Waals surface area (Å²) in [4.78, 5) is 16.4. The minimum absolute atomic E-state index is 0.106. The monoisotopic (exact) mass is 326 g/mol. The standard InChI is InChI=1S/C15H17F3N4O/c1-8-12-6-11(7-19-13(12)22-21-8)20-14(23)9-3-2-4-10(5-9)15(16,17)18/h6-7,9-10H,2-5H2,1H3,(H,20,23)(H,19,21,22). The molecule has 0 spiro atoms. The van der Waals surface area contributed by atoms with Crippen molar-refractivity contribution in [2.24, 2.45) is 11.8 Å². The Balaban J connectivity index is 1.71. The van der Waals surface area contributed by atoms with Gasteiger partial charge in [-0.3, -0.25) is 9.89 Å². The zero-order valence-electron chi connectivity index (χ0n) is 12.6. The van der Waals surface area contributed by atoms with Crippen molar-refractivity contribution in [2.45, 2.75) is 38.8 Å². The number of nitrogens with one attached hydrogen (secondary N) is 2. The van der Waals surface area contributed by atoms with Crippen LogP contribution in [0.25, 0.3) is 11.0 Å². The van der Waals surface area contributed by atoms with Gasteiger partial charge in [0, 0.05) is 17.0 Å². The summed E-state index contributed by atoms with van der Waals surface area (Å²) >= 11 is 0. The lowest BCUT2D eigenvalue weighted by molar-refractivity contribution is -0.185. The fourth-order valence-corrected chi connectivity index (χ4v) is 3.06. The lowest BCUT2D eigenvalue weighted by atomic mass is 9.80.